The van der Waals surface area contributed by atoms with E-state index in [1.807, 2.05) is 146 Å². The summed E-state index contributed by atoms with van der Waals surface area (Å²) in [5.41, 5.74) is 8.23. The fourth-order valence-electron chi connectivity index (χ4n) is 8.04. The average molecular weight is 814 g/mol. The number of carbonyl (C=O) groups excluding carboxylic acids is 4. The molecule has 0 heterocycles. The summed E-state index contributed by atoms with van der Waals surface area (Å²) in [6.07, 6.45) is 0.499. The molecule has 6 aromatic rings. The van der Waals surface area contributed by atoms with Crippen LogP contribution in [0.15, 0.2) is 170 Å². The van der Waals surface area contributed by atoms with Crippen molar-refractivity contribution in [2.75, 3.05) is 6.61 Å². The molecule has 0 fully saturated rings. The summed E-state index contributed by atoms with van der Waals surface area (Å²) in [6, 6.07) is 53.0. The molecule has 3 amide bonds. The van der Waals surface area contributed by atoms with Crippen LogP contribution in [0.2, 0.25) is 0 Å². The Hall–Kier alpha value is -7.00. The summed E-state index contributed by atoms with van der Waals surface area (Å²) < 4.78 is 11.5. The van der Waals surface area contributed by atoms with Crippen LogP contribution in [0.25, 0.3) is 11.1 Å². The maximum Gasteiger partial charge on any atom is 0.407 e. The van der Waals surface area contributed by atoms with Crippen molar-refractivity contribution in [2.45, 2.75) is 69.2 Å². The van der Waals surface area contributed by atoms with Crippen molar-refractivity contribution in [3.05, 3.63) is 203 Å². The minimum atomic E-state index is -0.609. The van der Waals surface area contributed by atoms with Gasteiger partial charge in [0, 0.05) is 36.9 Å². The van der Waals surface area contributed by atoms with Crippen molar-refractivity contribution in [3.8, 4) is 11.1 Å². The van der Waals surface area contributed by atoms with Crippen LogP contribution in [0, 0.1) is 0 Å². The van der Waals surface area contributed by atoms with E-state index in [4.69, 9.17) is 9.47 Å². The van der Waals surface area contributed by atoms with E-state index < -0.39 is 30.2 Å². The van der Waals surface area contributed by atoms with Crippen LogP contribution in [-0.4, -0.2) is 48.6 Å². The molecule has 1 aliphatic carbocycles. The Balaban J connectivity index is 1.01. The summed E-state index contributed by atoms with van der Waals surface area (Å²) in [7, 11) is 0. The number of ether oxygens (including phenoxy) is 2. The molecule has 0 bridgehead atoms. The highest BCUT2D eigenvalue weighted by atomic mass is 16.5. The maximum atomic E-state index is 14.0. The van der Waals surface area contributed by atoms with Crippen molar-refractivity contribution in [1.29, 1.82) is 0 Å². The van der Waals surface area contributed by atoms with Crippen LogP contribution < -0.4 is 16.0 Å². The topological polar surface area (TPSA) is 123 Å². The van der Waals surface area contributed by atoms with Gasteiger partial charge in [0.25, 0.3) is 0 Å². The Labute approximate surface area is 357 Å². The lowest BCUT2D eigenvalue weighted by Crippen LogP contribution is -2.46. The molecule has 1 aliphatic rings. The Morgan fingerprint density at radius 1 is 0.426 bits per heavy atom. The van der Waals surface area contributed by atoms with E-state index >= 15 is 0 Å². The Morgan fingerprint density at radius 3 is 1.26 bits per heavy atom. The molecule has 0 saturated heterocycles. The van der Waals surface area contributed by atoms with Gasteiger partial charge < -0.3 is 25.4 Å². The first kappa shape index (κ1) is 42.1. The van der Waals surface area contributed by atoms with Gasteiger partial charge in [-0.15, -0.1) is 0 Å². The Bertz CT molecular complexity index is 2310. The lowest BCUT2D eigenvalue weighted by Gasteiger charge is -2.24. The van der Waals surface area contributed by atoms with E-state index in [2.05, 4.69) is 40.2 Å². The highest BCUT2D eigenvalue weighted by Gasteiger charge is 2.30. The van der Waals surface area contributed by atoms with E-state index in [9.17, 15) is 19.2 Å². The summed E-state index contributed by atoms with van der Waals surface area (Å²) in [5, 5.41) is 9.15. The van der Waals surface area contributed by atoms with Crippen LogP contribution in [0.5, 0.6) is 0 Å². The molecule has 310 valence electrons. The zero-order valence-electron chi connectivity index (χ0n) is 34.1. The monoisotopic (exact) mass is 813 g/mol. The molecule has 3 atom stereocenters. The first-order valence-corrected chi connectivity index (χ1v) is 20.9. The molecule has 0 spiro atoms. The number of benzene rings is 6. The minimum absolute atomic E-state index is 0.0219. The third-order valence-corrected chi connectivity index (χ3v) is 10.9. The molecule has 61 heavy (non-hydrogen) atoms. The quantitative estimate of drug-likeness (QED) is 0.0706. The molecule has 9 heteroatoms. The Kier molecular flexibility index (Phi) is 14.7. The van der Waals surface area contributed by atoms with E-state index in [-0.39, 0.29) is 50.2 Å². The van der Waals surface area contributed by atoms with Crippen molar-refractivity contribution >= 4 is 23.9 Å². The molecule has 7 rings (SSSR count). The molecule has 9 nitrogen and oxygen atoms in total. The SMILES string of the molecule is O=C(C[C@H](Cc1ccccc1)NC(=O)OCC1c2ccccc2-c2ccccc21)N[C@H](CC(=O)N[C@H](CC(=O)OCc1ccccc1)Cc1ccccc1)Cc1ccccc1. The van der Waals surface area contributed by atoms with Gasteiger partial charge in [-0.2, -0.15) is 0 Å². The lowest BCUT2D eigenvalue weighted by molar-refractivity contribution is -0.145. The average Bonchev–Trinajstić information content (AvgIpc) is 3.59. The normalized spacial score (nSPS) is 13.1. The van der Waals surface area contributed by atoms with Gasteiger partial charge in [-0.3, -0.25) is 14.4 Å². The summed E-state index contributed by atoms with van der Waals surface area (Å²) >= 11 is 0. The number of alkyl carbamates (subject to hydrolysis) is 1. The molecule has 0 radical (unpaired) electrons. The highest BCUT2D eigenvalue weighted by Crippen LogP contribution is 2.44. The predicted octanol–water partition coefficient (Wildman–Crippen LogP) is 8.51. The van der Waals surface area contributed by atoms with Crippen LogP contribution >= 0.6 is 0 Å². The zero-order chi connectivity index (χ0) is 42.2. The molecule has 0 unspecified atom stereocenters. The first-order valence-electron chi connectivity index (χ1n) is 20.9. The lowest BCUT2D eigenvalue weighted by atomic mass is 9.98. The fraction of sp³-hybridized carbons (Fsp3) is 0.231. The van der Waals surface area contributed by atoms with Gasteiger partial charge in [0.15, 0.2) is 0 Å². The first-order chi connectivity index (χ1) is 29.9. The van der Waals surface area contributed by atoms with Crippen molar-refractivity contribution < 1.29 is 28.7 Å². The van der Waals surface area contributed by atoms with Gasteiger partial charge in [0.05, 0.1) is 6.42 Å². The summed E-state index contributed by atoms with van der Waals surface area (Å²) in [4.78, 5) is 54.3. The summed E-state index contributed by atoms with van der Waals surface area (Å²) in [6.45, 7) is 0.284. The molecule has 0 aromatic heterocycles. The maximum absolute atomic E-state index is 14.0. The van der Waals surface area contributed by atoms with E-state index in [1.54, 1.807) is 0 Å². The van der Waals surface area contributed by atoms with Gasteiger partial charge in [-0.1, -0.05) is 170 Å². The van der Waals surface area contributed by atoms with Crippen molar-refractivity contribution in [3.63, 3.8) is 0 Å². The van der Waals surface area contributed by atoms with Crippen molar-refractivity contribution in [2.24, 2.45) is 0 Å². The zero-order valence-corrected chi connectivity index (χ0v) is 34.1. The number of hydrogen-bond donors (Lipinski definition) is 3. The fourth-order valence-corrected chi connectivity index (χ4v) is 8.04. The van der Waals surface area contributed by atoms with Gasteiger partial charge in [-0.05, 0) is 63.8 Å². The molecule has 0 aliphatic heterocycles. The highest BCUT2D eigenvalue weighted by molar-refractivity contribution is 5.82. The number of rotatable bonds is 19. The van der Waals surface area contributed by atoms with Gasteiger partial charge in [0.2, 0.25) is 11.8 Å². The molecular formula is C52H51N3O6. The number of fused-ring (bicyclic) bond motifs is 3. The van der Waals surface area contributed by atoms with Gasteiger partial charge >= 0.3 is 12.1 Å². The Morgan fingerprint density at radius 2 is 0.803 bits per heavy atom. The van der Waals surface area contributed by atoms with Crippen LogP contribution in [-0.2, 0) is 49.7 Å². The molecule has 0 saturated carbocycles. The van der Waals surface area contributed by atoms with E-state index in [1.165, 1.54) is 0 Å². The summed E-state index contributed by atoms with van der Waals surface area (Å²) in [5.74, 6) is -1.16. The number of amides is 3. The van der Waals surface area contributed by atoms with Gasteiger partial charge in [-0.25, -0.2) is 4.79 Å². The molecular weight excluding hydrogens is 763 g/mol. The van der Waals surface area contributed by atoms with Gasteiger partial charge in [0.1, 0.15) is 13.2 Å². The van der Waals surface area contributed by atoms with Crippen LogP contribution in [0.3, 0.4) is 0 Å². The second-order valence-corrected chi connectivity index (χ2v) is 15.5. The van der Waals surface area contributed by atoms with Crippen LogP contribution in [0.4, 0.5) is 4.79 Å². The van der Waals surface area contributed by atoms with E-state index in [0.717, 1.165) is 44.5 Å². The van der Waals surface area contributed by atoms with Crippen molar-refractivity contribution in [1.82, 2.24) is 16.0 Å². The second kappa shape index (κ2) is 21.3. The number of esters is 1. The molecule has 3 N–H and O–H groups in total. The third-order valence-electron chi connectivity index (χ3n) is 10.9. The van der Waals surface area contributed by atoms with Crippen LogP contribution in [0.1, 0.15) is 58.6 Å². The standard InChI is InChI=1S/C52H51N3O6/c56-49(54-43(31-39-21-9-3-10-22-39)34-51(58)60-35-40-23-11-4-12-24-40)32-41(29-37-17-5-1-6-18-37)53-50(57)33-42(30-38-19-7-2-8-20-38)55-52(59)61-36-48-46-27-15-13-25-44(46)45-26-14-16-28-47(45)48/h1-28,41-43,48H,29-36H2,(H,53,57)(H,54,56)(H,55,59)/t41-,42-,43-/m0/s1. The minimum Gasteiger partial charge on any atom is -0.461 e. The second-order valence-electron chi connectivity index (χ2n) is 15.5. The van der Waals surface area contributed by atoms with E-state index in [0.29, 0.717) is 19.3 Å². The largest absolute Gasteiger partial charge is 0.461 e. The smallest absolute Gasteiger partial charge is 0.407 e. The number of hydrogen-bond acceptors (Lipinski definition) is 6. The third kappa shape index (κ3) is 12.5. The number of nitrogens with one attached hydrogen (secondary N) is 3. The molecule has 6 aromatic carbocycles. The number of carbonyl (C=O) groups is 4. The predicted molar refractivity (Wildman–Crippen MR) is 236 cm³/mol.